The topological polar surface area (TPSA) is 58.4 Å². The van der Waals surface area contributed by atoms with Gasteiger partial charge in [-0.05, 0) is 11.5 Å². The third-order valence-corrected chi connectivity index (χ3v) is 3.46. The molecule has 2 rings (SSSR count). The minimum absolute atomic E-state index is 0.156. The van der Waals surface area contributed by atoms with Crippen LogP contribution in [0.15, 0.2) is 42.7 Å². The van der Waals surface area contributed by atoms with Gasteiger partial charge in [-0.15, -0.1) is 0 Å². The van der Waals surface area contributed by atoms with E-state index < -0.39 is 6.10 Å². The van der Waals surface area contributed by atoms with Gasteiger partial charge in [0.25, 0.3) is 5.91 Å². The summed E-state index contributed by atoms with van der Waals surface area (Å²) in [4.78, 5) is 18.4. The van der Waals surface area contributed by atoms with Crippen molar-refractivity contribution in [2.75, 3.05) is 13.1 Å². The van der Waals surface area contributed by atoms with Crippen LogP contribution in [-0.4, -0.2) is 38.6 Å². The second kappa shape index (κ2) is 7.22. The highest BCUT2D eigenvalue weighted by atomic mass is 16.3. The molecule has 5 heteroatoms. The number of amides is 1. The zero-order valence-electron chi connectivity index (χ0n) is 13.3. The van der Waals surface area contributed by atoms with E-state index in [0.29, 0.717) is 18.3 Å². The van der Waals surface area contributed by atoms with Crippen molar-refractivity contribution in [2.45, 2.75) is 20.0 Å². The number of aryl methyl sites for hydroxylation is 1. The zero-order valence-corrected chi connectivity index (χ0v) is 13.3. The van der Waals surface area contributed by atoms with Gasteiger partial charge >= 0.3 is 0 Å². The molecular formula is C17H23N3O2. The van der Waals surface area contributed by atoms with E-state index >= 15 is 0 Å². The highest BCUT2D eigenvalue weighted by molar-refractivity contribution is 5.90. The summed E-state index contributed by atoms with van der Waals surface area (Å²) >= 11 is 0. The number of nitrogens with zero attached hydrogens (tertiary/aromatic N) is 3. The molecule has 0 unspecified atom stereocenters. The van der Waals surface area contributed by atoms with Crippen LogP contribution < -0.4 is 0 Å². The molecule has 0 saturated heterocycles. The monoisotopic (exact) mass is 301 g/mol. The third-order valence-electron chi connectivity index (χ3n) is 3.46. The lowest BCUT2D eigenvalue weighted by Crippen LogP contribution is -2.38. The van der Waals surface area contributed by atoms with Crippen molar-refractivity contribution in [3.63, 3.8) is 0 Å². The number of benzene rings is 1. The van der Waals surface area contributed by atoms with E-state index in [2.05, 4.69) is 4.98 Å². The minimum Gasteiger partial charge on any atom is -0.387 e. The maximum Gasteiger partial charge on any atom is 0.289 e. The lowest BCUT2D eigenvalue weighted by molar-refractivity contribution is 0.0580. The predicted octanol–water partition coefficient (Wildman–Crippen LogP) is 2.25. The molecule has 1 aromatic heterocycles. The normalized spacial score (nSPS) is 12.4. The first-order valence-electron chi connectivity index (χ1n) is 7.48. The second-order valence-electron chi connectivity index (χ2n) is 5.89. The zero-order chi connectivity index (χ0) is 16.1. The van der Waals surface area contributed by atoms with Crippen LogP contribution in [0.5, 0.6) is 0 Å². The number of aliphatic hydroxyl groups excluding tert-OH is 1. The molecule has 1 N–H and O–H groups in total. The Morgan fingerprint density at radius 3 is 2.50 bits per heavy atom. The van der Waals surface area contributed by atoms with Crippen molar-refractivity contribution in [1.82, 2.24) is 14.5 Å². The van der Waals surface area contributed by atoms with E-state index in [1.165, 1.54) is 0 Å². The smallest absolute Gasteiger partial charge is 0.289 e. The Labute approximate surface area is 131 Å². The Balaban J connectivity index is 2.16. The van der Waals surface area contributed by atoms with Gasteiger partial charge in [-0.2, -0.15) is 0 Å². The maximum absolute atomic E-state index is 12.7. The molecule has 1 heterocycles. The number of hydrogen-bond donors (Lipinski definition) is 1. The number of carbonyl (C=O) groups excluding carboxylic acids is 1. The number of aromatic nitrogens is 2. The van der Waals surface area contributed by atoms with Crippen molar-refractivity contribution in [3.8, 4) is 0 Å². The fraction of sp³-hybridized carbons (Fsp3) is 0.412. The maximum atomic E-state index is 12.7. The molecule has 0 aliphatic heterocycles. The van der Waals surface area contributed by atoms with E-state index in [1.807, 2.05) is 44.2 Å². The van der Waals surface area contributed by atoms with Crippen LogP contribution in [0.4, 0.5) is 0 Å². The molecule has 0 radical (unpaired) electrons. The molecule has 22 heavy (non-hydrogen) atoms. The van der Waals surface area contributed by atoms with Crippen molar-refractivity contribution in [1.29, 1.82) is 0 Å². The number of hydrogen-bond acceptors (Lipinski definition) is 3. The lowest BCUT2D eigenvalue weighted by Gasteiger charge is -2.27. The first-order chi connectivity index (χ1) is 10.5. The SMILES string of the molecule is CC(C)CN(C[C@H](O)c1ccccc1)C(=O)c1nccn1C. The van der Waals surface area contributed by atoms with Gasteiger partial charge in [-0.3, -0.25) is 4.79 Å². The van der Waals surface area contributed by atoms with Gasteiger partial charge in [0.1, 0.15) is 0 Å². The highest BCUT2D eigenvalue weighted by Crippen LogP contribution is 2.16. The molecule has 0 spiro atoms. The molecule has 0 aliphatic carbocycles. The first-order valence-corrected chi connectivity index (χ1v) is 7.48. The first kappa shape index (κ1) is 16.2. The molecule has 1 aromatic carbocycles. The van der Waals surface area contributed by atoms with Crippen LogP contribution in [0.2, 0.25) is 0 Å². The summed E-state index contributed by atoms with van der Waals surface area (Å²) in [5.41, 5.74) is 0.809. The summed E-state index contributed by atoms with van der Waals surface area (Å²) in [7, 11) is 1.79. The molecule has 0 fully saturated rings. The van der Waals surface area contributed by atoms with Crippen LogP contribution >= 0.6 is 0 Å². The summed E-state index contributed by atoms with van der Waals surface area (Å²) < 4.78 is 1.70. The number of aliphatic hydroxyl groups is 1. The molecule has 2 aromatic rings. The van der Waals surface area contributed by atoms with Gasteiger partial charge in [-0.1, -0.05) is 44.2 Å². The quantitative estimate of drug-likeness (QED) is 0.890. The van der Waals surface area contributed by atoms with Gasteiger partial charge < -0.3 is 14.6 Å². The van der Waals surface area contributed by atoms with Crippen molar-refractivity contribution in [3.05, 3.63) is 54.1 Å². The van der Waals surface area contributed by atoms with Crippen LogP contribution in [-0.2, 0) is 7.05 Å². The third kappa shape index (κ3) is 3.95. The Hall–Kier alpha value is -2.14. The van der Waals surface area contributed by atoms with E-state index in [9.17, 15) is 9.90 Å². The van der Waals surface area contributed by atoms with Crippen LogP contribution in [0, 0.1) is 5.92 Å². The van der Waals surface area contributed by atoms with Crippen molar-refractivity contribution >= 4 is 5.91 Å². The number of rotatable bonds is 6. The van der Waals surface area contributed by atoms with Gasteiger partial charge in [0.05, 0.1) is 12.6 Å². The summed E-state index contributed by atoms with van der Waals surface area (Å²) in [6.45, 7) is 4.94. The minimum atomic E-state index is -0.704. The molecule has 0 bridgehead atoms. The fourth-order valence-corrected chi connectivity index (χ4v) is 2.38. The van der Waals surface area contributed by atoms with Crippen LogP contribution in [0.1, 0.15) is 36.1 Å². The second-order valence-corrected chi connectivity index (χ2v) is 5.89. The standard InChI is InChI=1S/C17H23N3O2/c1-13(2)11-20(17(22)16-18-9-10-19(16)3)12-15(21)14-7-5-4-6-8-14/h4-10,13,15,21H,11-12H2,1-3H3/t15-/m0/s1. The van der Waals surface area contributed by atoms with Gasteiger partial charge in [-0.25, -0.2) is 4.98 Å². The summed E-state index contributed by atoms with van der Waals surface area (Å²) in [6.07, 6.45) is 2.65. The van der Waals surface area contributed by atoms with E-state index in [1.54, 1.807) is 28.9 Å². The van der Waals surface area contributed by atoms with E-state index in [0.717, 1.165) is 5.56 Å². The van der Waals surface area contributed by atoms with Crippen molar-refractivity contribution < 1.29 is 9.90 Å². The van der Waals surface area contributed by atoms with Gasteiger partial charge in [0.15, 0.2) is 5.82 Å². The molecule has 5 nitrogen and oxygen atoms in total. The number of imidazole rings is 1. The number of carbonyl (C=O) groups is 1. The van der Waals surface area contributed by atoms with Crippen LogP contribution in [0.25, 0.3) is 0 Å². The average Bonchev–Trinajstić information content (AvgIpc) is 2.92. The van der Waals surface area contributed by atoms with Crippen LogP contribution in [0.3, 0.4) is 0 Å². The van der Waals surface area contributed by atoms with Gasteiger partial charge in [0.2, 0.25) is 0 Å². The largest absolute Gasteiger partial charge is 0.387 e. The lowest BCUT2D eigenvalue weighted by atomic mass is 10.1. The summed E-state index contributed by atoms with van der Waals surface area (Å²) in [5.74, 6) is 0.546. The Morgan fingerprint density at radius 1 is 1.27 bits per heavy atom. The molecule has 118 valence electrons. The highest BCUT2D eigenvalue weighted by Gasteiger charge is 2.23. The Kier molecular flexibility index (Phi) is 5.33. The molecule has 1 amide bonds. The predicted molar refractivity (Wildman–Crippen MR) is 85.4 cm³/mol. The summed E-state index contributed by atoms with van der Waals surface area (Å²) in [5, 5.41) is 10.4. The Morgan fingerprint density at radius 2 is 1.95 bits per heavy atom. The molecule has 0 aliphatic rings. The van der Waals surface area contributed by atoms with Gasteiger partial charge in [0, 0.05) is 26.0 Å². The molecular weight excluding hydrogens is 278 g/mol. The molecule has 1 atom stereocenters. The molecule has 0 saturated carbocycles. The van der Waals surface area contributed by atoms with Crippen molar-refractivity contribution in [2.24, 2.45) is 13.0 Å². The fourth-order valence-electron chi connectivity index (χ4n) is 2.38. The Bertz CT molecular complexity index is 607. The van der Waals surface area contributed by atoms with E-state index in [-0.39, 0.29) is 12.5 Å². The average molecular weight is 301 g/mol. The summed E-state index contributed by atoms with van der Waals surface area (Å²) in [6, 6.07) is 9.39. The van der Waals surface area contributed by atoms with E-state index in [4.69, 9.17) is 0 Å².